The molecule has 0 spiro atoms. The highest BCUT2D eigenvalue weighted by molar-refractivity contribution is 5.67. The third-order valence-electron chi connectivity index (χ3n) is 1.78. The smallest absolute Gasteiger partial charge is 0.407 e. The number of benzene rings is 1. The Morgan fingerprint density at radius 3 is 2.76 bits per heavy atom. The van der Waals surface area contributed by atoms with Crippen LogP contribution in [0.15, 0.2) is 24.3 Å². The molecular weight excluding hydrogens is 218 g/mol. The van der Waals surface area contributed by atoms with Gasteiger partial charge in [-0.1, -0.05) is 12.1 Å². The van der Waals surface area contributed by atoms with Crippen molar-refractivity contribution in [1.29, 1.82) is 0 Å². The number of hydrogen-bond donors (Lipinski definition) is 1. The molecule has 0 aliphatic heterocycles. The molecule has 4 heteroatoms. The second-order valence-corrected chi connectivity index (χ2v) is 4.48. The molecule has 0 unspecified atom stereocenters. The lowest BCUT2D eigenvalue weighted by Gasteiger charge is -2.19. The molecule has 0 saturated carbocycles. The Labute approximate surface area is 105 Å². The number of methoxy groups -OCH3 is 1. The highest BCUT2D eigenvalue weighted by atomic mass is 16.6. The fraction of sp³-hybridized carbons (Fsp3) is 0.462. The van der Waals surface area contributed by atoms with E-state index in [0.29, 0.717) is 5.75 Å². The zero-order chi connectivity index (χ0) is 14.7. The minimum atomic E-state index is -2.03. The van der Waals surface area contributed by atoms with Crippen molar-refractivity contribution in [3.8, 4) is 5.75 Å². The van der Waals surface area contributed by atoms with Crippen LogP contribution < -0.4 is 10.1 Å². The Bertz CT molecular complexity index is 455. The fourth-order valence-corrected chi connectivity index (χ4v) is 1.13. The van der Waals surface area contributed by atoms with E-state index in [9.17, 15) is 4.79 Å². The molecule has 1 aromatic carbocycles. The summed E-state index contributed by atoms with van der Waals surface area (Å²) in [5, 5.41) is 2.20. The van der Waals surface area contributed by atoms with Crippen LogP contribution in [0.2, 0.25) is 0 Å². The molecular formula is C13H19NO3. The average molecular weight is 239 g/mol. The molecule has 0 atom stereocenters. The first kappa shape index (κ1) is 10.4. The van der Waals surface area contributed by atoms with Crippen LogP contribution in [0.25, 0.3) is 0 Å². The summed E-state index contributed by atoms with van der Waals surface area (Å²) in [4.78, 5) is 11.6. The number of alkyl carbamates (subject to hydrolysis) is 1. The van der Waals surface area contributed by atoms with Crippen molar-refractivity contribution in [3.63, 3.8) is 0 Å². The molecule has 0 aliphatic carbocycles. The second kappa shape index (κ2) is 5.57. The van der Waals surface area contributed by atoms with Gasteiger partial charge in [-0.25, -0.2) is 4.79 Å². The quantitative estimate of drug-likeness (QED) is 0.882. The summed E-state index contributed by atoms with van der Waals surface area (Å²) in [7, 11) is 1.50. The molecule has 0 heterocycles. The first-order valence-electron chi connectivity index (χ1n) is 6.30. The Morgan fingerprint density at radius 1 is 1.47 bits per heavy atom. The van der Waals surface area contributed by atoms with Gasteiger partial charge in [0, 0.05) is 6.50 Å². The summed E-state index contributed by atoms with van der Waals surface area (Å²) < 4.78 is 25.8. The van der Waals surface area contributed by atoms with E-state index in [1.54, 1.807) is 39.0 Å². The third-order valence-corrected chi connectivity index (χ3v) is 1.78. The second-order valence-electron chi connectivity index (χ2n) is 4.48. The number of nitrogens with one attached hydrogen (secondary N) is 1. The average Bonchev–Trinajstić information content (AvgIpc) is 2.25. The van der Waals surface area contributed by atoms with Gasteiger partial charge in [-0.3, -0.25) is 0 Å². The van der Waals surface area contributed by atoms with Crippen molar-refractivity contribution < 1.29 is 17.0 Å². The summed E-state index contributed by atoms with van der Waals surface area (Å²) in [5.74, 6) is 0.521. The van der Waals surface area contributed by atoms with Crippen LogP contribution in [0.3, 0.4) is 0 Å². The minimum absolute atomic E-state index is 0.290. The van der Waals surface area contributed by atoms with Crippen molar-refractivity contribution in [1.82, 2.24) is 5.32 Å². The molecule has 94 valence electrons. The molecule has 0 aromatic heterocycles. The van der Waals surface area contributed by atoms with Gasteiger partial charge >= 0.3 is 6.09 Å². The molecule has 1 amide bonds. The van der Waals surface area contributed by atoms with E-state index in [0.717, 1.165) is 0 Å². The lowest BCUT2D eigenvalue weighted by molar-refractivity contribution is 0.0523. The molecule has 4 nitrogen and oxygen atoms in total. The first-order valence-corrected chi connectivity index (χ1v) is 5.30. The lowest BCUT2D eigenvalue weighted by atomic mass is 10.2. The molecule has 1 aromatic rings. The Kier molecular flexibility index (Phi) is 3.42. The van der Waals surface area contributed by atoms with Crippen LogP contribution in [0.5, 0.6) is 5.75 Å². The normalized spacial score (nSPS) is 13.4. The predicted molar refractivity (Wildman–Crippen MR) is 66.1 cm³/mol. The third kappa shape index (κ3) is 5.24. The molecule has 17 heavy (non-hydrogen) atoms. The van der Waals surface area contributed by atoms with Gasteiger partial charge in [0.15, 0.2) is 0 Å². The SMILES string of the molecule is [2H]C([2H])(NC(=O)OC(C)(C)C)c1cccc(OC)c1. The first-order chi connectivity index (χ1) is 8.64. The molecule has 0 bridgehead atoms. The number of amides is 1. The van der Waals surface area contributed by atoms with Crippen molar-refractivity contribution in [2.75, 3.05) is 7.11 Å². The van der Waals surface area contributed by atoms with Crippen LogP contribution in [-0.4, -0.2) is 18.8 Å². The number of hydrogen-bond acceptors (Lipinski definition) is 3. The molecule has 0 fully saturated rings. The zero-order valence-electron chi connectivity index (χ0n) is 12.5. The van der Waals surface area contributed by atoms with E-state index in [1.165, 1.54) is 13.2 Å². The number of ether oxygens (including phenoxy) is 2. The number of rotatable bonds is 3. The largest absolute Gasteiger partial charge is 0.497 e. The van der Waals surface area contributed by atoms with Gasteiger partial charge in [0.2, 0.25) is 0 Å². The molecule has 1 rings (SSSR count). The molecule has 0 aliphatic rings. The van der Waals surface area contributed by atoms with Crippen LogP contribution in [0, 0.1) is 0 Å². The van der Waals surface area contributed by atoms with E-state index in [4.69, 9.17) is 12.2 Å². The lowest BCUT2D eigenvalue weighted by Crippen LogP contribution is -2.32. The van der Waals surface area contributed by atoms with Crippen LogP contribution in [0.4, 0.5) is 4.79 Å². The minimum Gasteiger partial charge on any atom is -0.497 e. The summed E-state index contributed by atoms with van der Waals surface area (Å²) in [6, 6.07) is 6.45. The van der Waals surface area contributed by atoms with Gasteiger partial charge in [0.1, 0.15) is 11.4 Å². The van der Waals surface area contributed by atoms with Crippen molar-refractivity contribution >= 4 is 6.09 Å². The molecule has 0 saturated heterocycles. The highest BCUT2D eigenvalue weighted by Crippen LogP contribution is 2.12. The van der Waals surface area contributed by atoms with E-state index >= 15 is 0 Å². The monoisotopic (exact) mass is 239 g/mol. The van der Waals surface area contributed by atoms with Crippen LogP contribution >= 0.6 is 0 Å². The van der Waals surface area contributed by atoms with Crippen molar-refractivity contribution in [2.24, 2.45) is 0 Å². The van der Waals surface area contributed by atoms with Gasteiger partial charge in [0.25, 0.3) is 0 Å². The van der Waals surface area contributed by atoms with E-state index in [2.05, 4.69) is 5.32 Å². The number of carbonyl (C=O) groups is 1. The highest BCUT2D eigenvalue weighted by Gasteiger charge is 2.15. The molecule has 0 radical (unpaired) electrons. The zero-order valence-corrected chi connectivity index (χ0v) is 10.5. The van der Waals surface area contributed by atoms with Gasteiger partial charge in [-0.2, -0.15) is 0 Å². The van der Waals surface area contributed by atoms with Crippen LogP contribution in [-0.2, 0) is 11.2 Å². The summed E-state index contributed by atoms with van der Waals surface area (Å²) in [6.07, 6.45) is -0.805. The Hall–Kier alpha value is -1.71. The van der Waals surface area contributed by atoms with Crippen molar-refractivity contribution in [2.45, 2.75) is 32.9 Å². The van der Waals surface area contributed by atoms with Gasteiger partial charge in [0.05, 0.1) is 9.85 Å². The fourth-order valence-electron chi connectivity index (χ4n) is 1.13. The Morgan fingerprint density at radius 2 is 2.18 bits per heavy atom. The van der Waals surface area contributed by atoms with Gasteiger partial charge in [-0.05, 0) is 38.5 Å². The predicted octanol–water partition coefficient (Wildman–Crippen LogP) is 2.72. The summed E-state index contributed by atoms with van der Waals surface area (Å²) in [6.45, 7) is 3.12. The molecule has 1 N–H and O–H groups in total. The van der Waals surface area contributed by atoms with E-state index in [1.807, 2.05) is 0 Å². The van der Waals surface area contributed by atoms with E-state index < -0.39 is 18.2 Å². The number of carbonyl (C=O) groups excluding carboxylic acids is 1. The topological polar surface area (TPSA) is 47.6 Å². The maximum Gasteiger partial charge on any atom is 0.407 e. The van der Waals surface area contributed by atoms with Gasteiger partial charge in [-0.15, -0.1) is 0 Å². The van der Waals surface area contributed by atoms with E-state index in [-0.39, 0.29) is 5.56 Å². The summed E-state index contributed by atoms with van der Waals surface area (Å²) in [5.41, 5.74) is -0.383. The van der Waals surface area contributed by atoms with Crippen molar-refractivity contribution in [3.05, 3.63) is 29.8 Å². The maximum absolute atomic E-state index is 11.6. The standard InChI is InChI=1S/C13H19NO3/c1-13(2,3)17-12(15)14-9-10-6-5-7-11(8-10)16-4/h5-8H,9H2,1-4H3,(H,14,15)/i9D2. The Balaban J connectivity index is 2.82. The maximum atomic E-state index is 11.6. The summed E-state index contributed by atoms with van der Waals surface area (Å²) >= 11 is 0. The van der Waals surface area contributed by atoms with Gasteiger partial charge < -0.3 is 14.8 Å². The van der Waals surface area contributed by atoms with Crippen LogP contribution in [0.1, 0.15) is 29.1 Å².